The molecule has 1 saturated heterocycles. The number of benzene rings is 1. The van der Waals surface area contributed by atoms with Gasteiger partial charge in [-0.25, -0.2) is 9.48 Å². The summed E-state index contributed by atoms with van der Waals surface area (Å²) in [5.41, 5.74) is -0.607. The number of Topliss-reactive ketones (excluding diaryl/α,β-unsaturated/α-hetero) is 1. The Balaban J connectivity index is 1.32. The minimum absolute atomic E-state index is 0.0513. The van der Waals surface area contributed by atoms with Gasteiger partial charge in [0.2, 0.25) is 11.8 Å². The van der Waals surface area contributed by atoms with Gasteiger partial charge in [-0.05, 0) is 64.0 Å². The molecule has 3 aliphatic rings. The van der Waals surface area contributed by atoms with Crippen LogP contribution < -0.4 is 20.7 Å². The lowest BCUT2D eigenvalue weighted by Crippen LogP contribution is -2.65. The molecular weight excluding hydrogens is 650 g/mol. The summed E-state index contributed by atoms with van der Waals surface area (Å²) in [6.45, 7) is 2.02. The first-order valence-corrected chi connectivity index (χ1v) is 17.1. The Labute approximate surface area is 289 Å². The van der Waals surface area contributed by atoms with Gasteiger partial charge < -0.3 is 35.4 Å². The predicted molar refractivity (Wildman–Crippen MR) is 178 cm³/mol. The van der Waals surface area contributed by atoms with E-state index in [1.807, 2.05) is 0 Å². The second-order valence-corrected chi connectivity index (χ2v) is 12.9. The number of carboxylic acids is 1. The van der Waals surface area contributed by atoms with E-state index in [0.717, 1.165) is 25.7 Å². The molecule has 270 valence electrons. The number of amides is 4. The van der Waals surface area contributed by atoms with Crippen LogP contribution in [0.5, 0.6) is 5.88 Å². The Bertz CT molecular complexity index is 1570. The fourth-order valence-electron chi connectivity index (χ4n) is 6.38. The molecule has 0 radical (unpaired) electrons. The number of hydrogen-bond acceptors (Lipinski definition) is 10. The maximum absolute atomic E-state index is 13.7. The van der Waals surface area contributed by atoms with Gasteiger partial charge in [-0.3, -0.25) is 28.9 Å². The Morgan fingerprint density at radius 1 is 1.12 bits per heavy atom. The first-order valence-electron chi connectivity index (χ1n) is 17.1. The number of para-hydroxylation sites is 1. The average molecular weight is 696 g/mol. The van der Waals surface area contributed by atoms with Crippen LogP contribution in [0.15, 0.2) is 36.4 Å². The number of carboxylic acid groups (broad SMARTS) is 1. The van der Waals surface area contributed by atoms with Crippen molar-refractivity contribution in [2.24, 2.45) is 0 Å². The summed E-state index contributed by atoms with van der Waals surface area (Å²) in [6, 6.07) is 7.98. The molecular formula is C34H45N7O9. The van der Waals surface area contributed by atoms with Crippen molar-refractivity contribution in [2.75, 3.05) is 39.9 Å². The number of piperazine rings is 1. The molecule has 0 bridgehead atoms. The third kappa shape index (κ3) is 8.23. The number of nitrogens with zero attached hydrogens (tertiary/aromatic N) is 4. The molecule has 1 aromatic heterocycles. The Hall–Kier alpha value is -4.99. The summed E-state index contributed by atoms with van der Waals surface area (Å²) in [5, 5.41) is 22.3. The van der Waals surface area contributed by atoms with Crippen LogP contribution in [0.25, 0.3) is 5.69 Å². The number of aliphatic carboxylic acids is 1. The number of aromatic nitrogens is 2. The zero-order valence-electron chi connectivity index (χ0n) is 28.4. The summed E-state index contributed by atoms with van der Waals surface area (Å²) < 4.78 is 12.3. The second-order valence-electron chi connectivity index (χ2n) is 12.9. The van der Waals surface area contributed by atoms with Gasteiger partial charge in [-0.2, -0.15) is 5.10 Å². The molecule has 5 rings (SSSR count). The minimum atomic E-state index is -1.27. The average Bonchev–Trinajstić information content (AvgIpc) is 3.51. The van der Waals surface area contributed by atoms with E-state index in [-0.39, 0.29) is 49.6 Å². The molecule has 16 heteroatoms. The van der Waals surface area contributed by atoms with Gasteiger partial charge in [-0.15, -0.1) is 0 Å². The molecule has 1 aromatic carbocycles. The zero-order valence-corrected chi connectivity index (χ0v) is 28.4. The van der Waals surface area contributed by atoms with Crippen molar-refractivity contribution in [2.45, 2.75) is 82.0 Å². The largest absolute Gasteiger partial charge is 0.481 e. The Morgan fingerprint density at radius 2 is 1.86 bits per heavy atom. The summed E-state index contributed by atoms with van der Waals surface area (Å²) in [6.07, 6.45) is 3.55. The standard InChI is InChI=1S/C34H45N7O9/c1-3-49-33(48)40-18-17-35-20-26(40)30(45)24(13-14-29(43)44)36-31(46)25-19-28(41(38-25)23-9-5-4-6-10-23)50-21-27(42)37-34(15-8-16-34)32(47)39(2)22-11-7-12-22/h4-6,9-10,19,22,24,26,35H,3,7-8,11-18,20-21H2,1-2H3,(H,36,46)(H,37,42)(H,43,44)/t24-,26?/m0/s1. The molecule has 16 nitrogen and oxygen atoms in total. The number of nitrogens with one attached hydrogen (secondary N) is 3. The van der Waals surface area contributed by atoms with Gasteiger partial charge in [0.15, 0.2) is 18.1 Å². The number of ether oxygens (including phenoxy) is 2. The molecule has 1 aliphatic heterocycles. The zero-order chi connectivity index (χ0) is 35.8. The molecule has 3 fully saturated rings. The highest BCUT2D eigenvalue weighted by Gasteiger charge is 2.48. The molecule has 4 amide bonds. The van der Waals surface area contributed by atoms with Crippen molar-refractivity contribution in [3.63, 3.8) is 0 Å². The fraction of sp³-hybridized carbons (Fsp3) is 0.559. The summed E-state index contributed by atoms with van der Waals surface area (Å²) in [4.78, 5) is 80.9. The minimum Gasteiger partial charge on any atom is -0.481 e. The smallest absolute Gasteiger partial charge is 0.410 e. The SMILES string of the molecule is CCOC(=O)N1CCNCC1C(=O)[C@H](CCC(=O)O)NC(=O)c1cc(OCC(=O)NC2(C(=O)N(C)C3CCC3)CCC2)n(-c2ccccc2)n1. The fourth-order valence-corrected chi connectivity index (χ4v) is 6.38. The third-order valence-electron chi connectivity index (χ3n) is 9.57. The van der Waals surface area contributed by atoms with E-state index in [4.69, 9.17) is 9.47 Å². The quantitative estimate of drug-likeness (QED) is 0.209. The van der Waals surface area contributed by atoms with Crippen LogP contribution in [0.1, 0.15) is 68.8 Å². The van der Waals surface area contributed by atoms with Crippen molar-refractivity contribution in [3.05, 3.63) is 42.1 Å². The summed E-state index contributed by atoms with van der Waals surface area (Å²) in [5.74, 6) is -3.06. The molecule has 4 N–H and O–H groups in total. The predicted octanol–water partition coefficient (Wildman–Crippen LogP) is 1.26. The van der Waals surface area contributed by atoms with E-state index in [1.165, 1.54) is 15.6 Å². The first-order chi connectivity index (χ1) is 24.0. The topological polar surface area (TPSA) is 202 Å². The lowest BCUT2D eigenvalue weighted by atomic mass is 9.74. The Morgan fingerprint density at radius 3 is 2.48 bits per heavy atom. The molecule has 2 aliphatic carbocycles. The second kappa shape index (κ2) is 16.1. The van der Waals surface area contributed by atoms with Crippen LogP contribution in [0.3, 0.4) is 0 Å². The highest BCUT2D eigenvalue weighted by molar-refractivity contribution is 5.99. The van der Waals surface area contributed by atoms with Gasteiger partial charge in [0.25, 0.3) is 11.8 Å². The van der Waals surface area contributed by atoms with Crippen LogP contribution in [0, 0.1) is 0 Å². The van der Waals surface area contributed by atoms with Gasteiger partial charge in [0.05, 0.1) is 18.3 Å². The van der Waals surface area contributed by atoms with E-state index in [9.17, 15) is 33.9 Å². The number of rotatable bonds is 15. The summed E-state index contributed by atoms with van der Waals surface area (Å²) >= 11 is 0. The monoisotopic (exact) mass is 695 g/mol. The number of carbonyl (C=O) groups is 6. The number of carbonyl (C=O) groups excluding carboxylic acids is 5. The first kappa shape index (κ1) is 36.3. The highest BCUT2D eigenvalue weighted by atomic mass is 16.6. The van der Waals surface area contributed by atoms with Gasteiger partial charge >= 0.3 is 12.1 Å². The maximum Gasteiger partial charge on any atom is 0.410 e. The molecule has 2 heterocycles. The Kier molecular flexibility index (Phi) is 11.7. The van der Waals surface area contributed by atoms with E-state index in [1.54, 1.807) is 49.2 Å². The van der Waals surface area contributed by atoms with Crippen LogP contribution in [0.2, 0.25) is 0 Å². The number of hydrogen-bond donors (Lipinski definition) is 4. The lowest BCUT2D eigenvalue weighted by molar-refractivity contribution is -0.148. The van der Waals surface area contributed by atoms with E-state index >= 15 is 0 Å². The van der Waals surface area contributed by atoms with E-state index in [2.05, 4.69) is 21.0 Å². The van der Waals surface area contributed by atoms with Gasteiger partial charge in [0.1, 0.15) is 11.6 Å². The molecule has 2 aromatic rings. The van der Waals surface area contributed by atoms with Gasteiger partial charge in [-0.1, -0.05) is 18.2 Å². The highest BCUT2D eigenvalue weighted by Crippen LogP contribution is 2.36. The molecule has 50 heavy (non-hydrogen) atoms. The molecule has 2 atom stereocenters. The van der Waals surface area contributed by atoms with Gasteiger partial charge in [0, 0.05) is 45.2 Å². The van der Waals surface area contributed by atoms with E-state index in [0.29, 0.717) is 25.1 Å². The third-order valence-corrected chi connectivity index (χ3v) is 9.57. The van der Waals surface area contributed by atoms with E-state index < -0.39 is 60.3 Å². The normalized spacial score (nSPS) is 18.8. The van der Waals surface area contributed by atoms with Crippen molar-refractivity contribution in [1.29, 1.82) is 0 Å². The molecule has 1 unspecified atom stereocenters. The van der Waals surface area contributed by atoms with Crippen LogP contribution in [-0.4, -0.2) is 124 Å². The summed E-state index contributed by atoms with van der Waals surface area (Å²) in [7, 11) is 1.78. The van der Waals surface area contributed by atoms with Crippen molar-refractivity contribution in [1.82, 2.24) is 35.5 Å². The molecule has 0 spiro atoms. The lowest BCUT2D eigenvalue weighted by Gasteiger charge is -2.46. The number of ketones is 1. The molecule has 2 saturated carbocycles. The maximum atomic E-state index is 13.7. The van der Waals surface area contributed by atoms with Crippen LogP contribution in [-0.2, 0) is 23.9 Å². The van der Waals surface area contributed by atoms with Crippen molar-refractivity contribution < 1.29 is 43.3 Å². The van der Waals surface area contributed by atoms with Crippen molar-refractivity contribution in [3.8, 4) is 11.6 Å². The van der Waals surface area contributed by atoms with Crippen LogP contribution >= 0.6 is 0 Å². The number of likely N-dealkylation sites (N-methyl/N-ethyl adjacent to an activating group) is 1. The van der Waals surface area contributed by atoms with Crippen molar-refractivity contribution >= 4 is 35.6 Å². The van der Waals surface area contributed by atoms with Crippen LogP contribution in [0.4, 0.5) is 4.79 Å².